The van der Waals surface area contributed by atoms with Crippen LogP contribution in [-0.2, 0) is 6.54 Å². The number of nitrogens with zero attached hydrogens (tertiary/aromatic N) is 3. The van der Waals surface area contributed by atoms with Gasteiger partial charge in [0.25, 0.3) is 5.56 Å². The van der Waals surface area contributed by atoms with E-state index in [0.29, 0.717) is 18.7 Å². The Bertz CT molecular complexity index is 587. The summed E-state index contributed by atoms with van der Waals surface area (Å²) in [5.41, 5.74) is 11.2. The second kappa shape index (κ2) is 5.46. The van der Waals surface area contributed by atoms with Gasteiger partial charge in [-0.15, -0.1) is 12.4 Å². The Labute approximate surface area is 103 Å². The first-order chi connectivity index (χ1) is 7.72. The minimum absolute atomic E-state index is 0. The molecule has 17 heavy (non-hydrogen) atoms. The zero-order chi connectivity index (χ0) is 11.5. The van der Waals surface area contributed by atoms with Crippen LogP contribution in [0.1, 0.15) is 0 Å². The van der Waals surface area contributed by atoms with Crippen LogP contribution in [0.25, 0.3) is 11.2 Å². The molecule has 0 bridgehead atoms. The molecule has 0 unspecified atom stereocenters. The lowest BCUT2D eigenvalue weighted by molar-refractivity contribution is 0.834. The number of hydrogen-bond acceptors (Lipinski definition) is 5. The second-order valence-electron chi connectivity index (χ2n) is 3.23. The molecule has 0 aliphatic heterocycles. The Balaban J connectivity index is 0.00000144. The highest BCUT2D eigenvalue weighted by Gasteiger charge is 2.07. The zero-order valence-electron chi connectivity index (χ0n) is 8.96. The number of nitrogens with one attached hydrogen (secondary N) is 1. The van der Waals surface area contributed by atoms with Gasteiger partial charge >= 0.3 is 0 Å². The van der Waals surface area contributed by atoms with E-state index in [1.165, 1.54) is 0 Å². The van der Waals surface area contributed by atoms with Gasteiger partial charge in [-0.1, -0.05) is 12.2 Å². The summed E-state index contributed by atoms with van der Waals surface area (Å²) in [6.45, 7) is 1.03. The van der Waals surface area contributed by atoms with Gasteiger partial charge in [0.1, 0.15) is 0 Å². The highest BCUT2D eigenvalue weighted by atomic mass is 35.5. The Morgan fingerprint density at radius 1 is 1.47 bits per heavy atom. The van der Waals surface area contributed by atoms with Crippen molar-refractivity contribution in [2.45, 2.75) is 6.54 Å². The lowest BCUT2D eigenvalue weighted by atomic mass is 10.4. The number of rotatable bonds is 3. The number of nitrogen functional groups attached to an aromatic ring is 1. The van der Waals surface area contributed by atoms with E-state index in [1.54, 1.807) is 10.9 Å². The van der Waals surface area contributed by atoms with Gasteiger partial charge in [0.2, 0.25) is 5.95 Å². The molecule has 0 saturated heterocycles. The largest absolute Gasteiger partial charge is 0.369 e. The molecule has 0 aliphatic carbocycles. The average Bonchev–Trinajstić information content (AvgIpc) is 2.62. The number of allylic oxidation sites excluding steroid dienone is 1. The quantitative estimate of drug-likeness (QED) is 0.649. The van der Waals surface area contributed by atoms with Crippen molar-refractivity contribution in [3.63, 3.8) is 0 Å². The van der Waals surface area contributed by atoms with Crippen molar-refractivity contribution < 1.29 is 0 Å². The maximum Gasteiger partial charge on any atom is 0.280 e. The van der Waals surface area contributed by atoms with E-state index in [-0.39, 0.29) is 29.4 Å². The van der Waals surface area contributed by atoms with Crippen LogP contribution in [0.4, 0.5) is 5.95 Å². The monoisotopic (exact) mass is 256 g/mol. The molecule has 92 valence electrons. The molecule has 0 aliphatic rings. The van der Waals surface area contributed by atoms with Gasteiger partial charge in [0.15, 0.2) is 11.2 Å². The van der Waals surface area contributed by atoms with Crippen LogP contribution in [0, 0.1) is 0 Å². The number of halogens is 1. The number of fused-ring (bicyclic) bond motifs is 1. The number of aromatic nitrogens is 4. The summed E-state index contributed by atoms with van der Waals surface area (Å²) < 4.78 is 1.73. The molecule has 2 aromatic rings. The highest BCUT2D eigenvalue weighted by molar-refractivity contribution is 5.85. The first kappa shape index (κ1) is 13.2. The molecule has 2 rings (SSSR count). The van der Waals surface area contributed by atoms with Crippen molar-refractivity contribution >= 4 is 29.5 Å². The summed E-state index contributed by atoms with van der Waals surface area (Å²) in [6.07, 6.45) is 5.25. The minimum Gasteiger partial charge on any atom is -0.369 e. The molecule has 5 N–H and O–H groups in total. The summed E-state index contributed by atoms with van der Waals surface area (Å²) in [7, 11) is 0. The minimum atomic E-state index is -0.330. The molecular weight excluding hydrogens is 244 g/mol. The van der Waals surface area contributed by atoms with E-state index in [1.807, 2.05) is 12.2 Å². The van der Waals surface area contributed by atoms with Crippen LogP contribution in [0.15, 0.2) is 23.3 Å². The zero-order valence-corrected chi connectivity index (χ0v) is 9.78. The Morgan fingerprint density at radius 3 is 2.94 bits per heavy atom. The molecule has 0 radical (unpaired) electrons. The van der Waals surface area contributed by atoms with E-state index in [2.05, 4.69) is 15.0 Å². The molecule has 0 aromatic carbocycles. The van der Waals surface area contributed by atoms with Crippen LogP contribution in [0.5, 0.6) is 0 Å². The Kier molecular flexibility index (Phi) is 4.24. The summed E-state index contributed by atoms with van der Waals surface area (Å²) in [6, 6.07) is 0. The van der Waals surface area contributed by atoms with Crippen LogP contribution < -0.4 is 17.0 Å². The van der Waals surface area contributed by atoms with E-state index in [0.717, 1.165) is 0 Å². The number of H-pyrrole nitrogens is 1. The average molecular weight is 257 g/mol. The fourth-order valence-electron chi connectivity index (χ4n) is 1.39. The van der Waals surface area contributed by atoms with Gasteiger partial charge in [-0.2, -0.15) is 4.98 Å². The third-order valence-corrected chi connectivity index (χ3v) is 2.10. The molecule has 0 atom stereocenters. The van der Waals surface area contributed by atoms with Gasteiger partial charge in [0, 0.05) is 13.1 Å². The van der Waals surface area contributed by atoms with Crippen LogP contribution in [0.2, 0.25) is 0 Å². The Hall–Kier alpha value is -1.86. The molecule has 2 heterocycles. The van der Waals surface area contributed by atoms with Gasteiger partial charge in [-0.25, -0.2) is 4.98 Å². The van der Waals surface area contributed by atoms with Crippen molar-refractivity contribution in [3.8, 4) is 0 Å². The molecule has 2 aromatic heterocycles. The highest BCUT2D eigenvalue weighted by Crippen LogP contribution is 2.05. The molecule has 0 spiro atoms. The van der Waals surface area contributed by atoms with E-state index in [4.69, 9.17) is 11.5 Å². The van der Waals surface area contributed by atoms with Gasteiger partial charge in [0.05, 0.1) is 6.33 Å². The third kappa shape index (κ3) is 2.63. The van der Waals surface area contributed by atoms with E-state index < -0.39 is 0 Å². The summed E-state index contributed by atoms with van der Waals surface area (Å²) in [5, 5.41) is 0. The number of anilines is 1. The standard InChI is InChI=1S/C9H12N6O.ClH/c10-3-1-2-4-15-5-12-6-7(15)13-9(11)14-8(6)16;/h1-2,5H,3-4,10H2,(H3,11,13,14,16);1H/b2-1-;. The fraction of sp³-hybridized carbons (Fsp3) is 0.222. The number of hydrogen-bond donors (Lipinski definition) is 3. The van der Waals surface area contributed by atoms with Crippen LogP contribution >= 0.6 is 12.4 Å². The van der Waals surface area contributed by atoms with E-state index in [9.17, 15) is 4.79 Å². The molecule has 7 nitrogen and oxygen atoms in total. The normalized spacial score (nSPS) is 10.9. The molecule has 0 fully saturated rings. The SMILES string of the molecule is Cl.NC/C=C\Cn1cnc2c(=O)[nH]c(N)nc21. The van der Waals surface area contributed by atoms with Crippen LogP contribution in [-0.4, -0.2) is 26.1 Å². The first-order valence-electron chi connectivity index (χ1n) is 4.78. The molecular formula is C9H13ClN6O. The predicted molar refractivity (Wildman–Crippen MR) is 68.0 cm³/mol. The lowest BCUT2D eigenvalue weighted by Crippen LogP contribution is -2.12. The second-order valence-corrected chi connectivity index (χ2v) is 3.23. The van der Waals surface area contributed by atoms with Crippen molar-refractivity contribution in [1.29, 1.82) is 0 Å². The number of imidazole rings is 1. The third-order valence-electron chi connectivity index (χ3n) is 2.10. The number of nitrogens with two attached hydrogens (primary N) is 2. The number of aromatic amines is 1. The fourth-order valence-corrected chi connectivity index (χ4v) is 1.39. The molecule has 8 heteroatoms. The molecule has 0 saturated carbocycles. The van der Waals surface area contributed by atoms with Gasteiger partial charge < -0.3 is 16.0 Å². The topological polar surface area (TPSA) is 116 Å². The summed E-state index contributed by atoms with van der Waals surface area (Å²) in [5.74, 6) is 0.0852. The maximum atomic E-state index is 11.5. The smallest absolute Gasteiger partial charge is 0.280 e. The lowest BCUT2D eigenvalue weighted by Gasteiger charge is -1.98. The Morgan fingerprint density at radius 2 is 2.24 bits per heavy atom. The van der Waals surface area contributed by atoms with Crippen molar-refractivity contribution in [3.05, 3.63) is 28.8 Å². The van der Waals surface area contributed by atoms with Crippen molar-refractivity contribution in [1.82, 2.24) is 19.5 Å². The summed E-state index contributed by atoms with van der Waals surface area (Å²) >= 11 is 0. The van der Waals surface area contributed by atoms with Gasteiger partial charge in [-0.05, 0) is 0 Å². The van der Waals surface area contributed by atoms with Crippen LogP contribution in [0.3, 0.4) is 0 Å². The first-order valence-corrected chi connectivity index (χ1v) is 4.78. The van der Waals surface area contributed by atoms with Crippen molar-refractivity contribution in [2.75, 3.05) is 12.3 Å². The molecule has 0 amide bonds. The summed E-state index contributed by atoms with van der Waals surface area (Å²) in [4.78, 5) is 21.9. The predicted octanol–water partition coefficient (Wildman–Crippen LogP) is -0.362. The van der Waals surface area contributed by atoms with E-state index >= 15 is 0 Å². The maximum absolute atomic E-state index is 11.5. The van der Waals surface area contributed by atoms with Gasteiger partial charge in [-0.3, -0.25) is 9.78 Å². The van der Waals surface area contributed by atoms with Crippen molar-refractivity contribution in [2.24, 2.45) is 5.73 Å².